The van der Waals surface area contributed by atoms with E-state index in [1.165, 1.54) is 78.5 Å². The van der Waals surface area contributed by atoms with Crippen LogP contribution in [0.3, 0.4) is 0 Å². The van der Waals surface area contributed by atoms with Crippen molar-refractivity contribution in [3.05, 3.63) is 69.0 Å². The molecule has 0 bridgehead atoms. The fourth-order valence-corrected chi connectivity index (χ4v) is 3.63. The van der Waals surface area contributed by atoms with Crippen molar-refractivity contribution >= 4 is 11.3 Å². The van der Waals surface area contributed by atoms with Crippen LogP contribution >= 0.6 is 11.3 Å². The van der Waals surface area contributed by atoms with E-state index in [4.69, 9.17) is 0 Å². The van der Waals surface area contributed by atoms with Crippen molar-refractivity contribution in [1.82, 2.24) is 0 Å². The molecule has 0 aliphatic rings. The van der Waals surface area contributed by atoms with Gasteiger partial charge in [0, 0.05) is 4.88 Å². The maximum atomic E-state index is 2.43. The molecule has 26 heavy (non-hydrogen) atoms. The van der Waals surface area contributed by atoms with E-state index in [9.17, 15) is 0 Å². The van der Waals surface area contributed by atoms with Gasteiger partial charge in [0.05, 0.1) is 0 Å². The number of aryl methyl sites for hydroxylation is 1. The van der Waals surface area contributed by atoms with Crippen LogP contribution in [-0.4, -0.2) is 0 Å². The first-order valence-electron chi connectivity index (χ1n) is 10.1. The zero-order valence-electron chi connectivity index (χ0n) is 17.6. The summed E-state index contributed by atoms with van der Waals surface area (Å²) in [5.41, 5.74) is 6.01. The molecule has 0 aromatic carbocycles. The summed E-state index contributed by atoms with van der Waals surface area (Å²) >= 11 is 1.86. The van der Waals surface area contributed by atoms with E-state index in [1.54, 1.807) is 0 Å². The van der Waals surface area contributed by atoms with Crippen molar-refractivity contribution in [2.75, 3.05) is 0 Å². The van der Waals surface area contributed by atoms with Crippen LogP contribution < -0.4 is 0 Å². The SMILES string of the molecule is CC(C)=CCC/C(C)=C/CC/C(C)=C/CC/C(C)=C/CCc1cccs1. The van der Waals surface area contributed by atoms with Crippen molar-refractivity contribution in [1.29, 1.82) is 0 Å². The second-order valence-electron chi connectivity index (χ2n) is 7.67. The molecule has 0 spiro atoms. The summed E-state index contributed by atoms with van der Waals surface area (Å²) in [6, 6.07) is 4.38. The van der Waals surface area contributed by atoms with Crippen LogP contribution in [0.1, 0.15) is 84.4 Å². The molecule has 0 radical (unpaired) electrons. The first-order valence-corrected chi connectivity index (χ1v) is 11.0. The molecule has 0 nitrogen and oxygen atoms in total. The Kier molecular flexibility index (Phi) is 12.1. The summed E-state index contributed by atoms with van der Waals surface area (Å²) in [5.74, 6) is 0. The molecule has 0 atom stereocenters. The molecule has 0 aliphatic carbocycles. The van der Waals surface area contributed by atoms with E-state index in [-0.39, 0.29) is 0 Å². The maximum Gasteiger partial charge on any atom is 0.00483 e. The monoisotopic (exact) mass is 370 g/mol. The highest BCUT2D eigenvalue weighted by Gasteiger charge is 1.95. The summed E-state index contributed by atoms with van der Waals surface area (Å²) in [5, 5.41) is 2.17. The Hall–Kier alpha value is -1.34. The third kappa shape index (κ3) is 12.1. The van der Waals surface area contributed by atoms with Crippen LogP contribution in [0.25, 0.3) is 0 Å². The van der Waals surface area contributed by atoms with Crippen LogP contribution in [0.4, 0.5) is 0 Å². The Balaban J connectivity index is 2.18. The molecule has 0 saturated heterocycles. The van der Waals surface area contributed by atoms with Gasteiger partial charge in [-0.3, -0.25) is 0 Å². The molecule has 0 fully saturated rings. The van der Waals surface area contributed by atoms with Gasteiger partial charge in [0.2, 0.25) is 0 Å². The predicted molar refractivity (Wildman–Crippen MR) is 121 cm³/mol. The van der Waals surface area contributed by atoms with Crippen molar-refractivity contribution in [2.45, 2.75) is 86.0 Å². The quantitative estimate of drug-likeness (QED) is 0.322. The number of hydrogen-bond donors (Lipinski definition) is 0. The van der Waals surface area contributed by atoms with Gasteiger partial charge in [-0.1, -0.05) is 52.7 Å². The minimum Gasteiger partial charge on any atom is -0.149 e. The van der Waals surface area contributed by atoms with E-state index >= 15 is 0 Å². The number of allylic oxidation sites excluding steroid dienone is 8. The van der Waals surface area contributed by atoms with Gasteiger partial charge in [-0.2, -0.15) is 0 Å². The first kappa shape index (κ1) is 22.7. The molecule has 0 saturated carbocycles. The van der Waals surface area contributed by atoms with Gasteiger partial charge in [-0.15, -0.1) is 11.3 Å². The van der Waals surface area contributed by atoms with E-state index in [0.717, 1.165) is 0 Å². The van der Waals surface area contributed by atoms with Gasteiger partial charge in [-0.05, 0) is 97.4 Å². The maximum absolute atomic E-state index is 2.43. The van der Waals surface area contributed by atoms with Gasteiger partial charge < -0.3 is 0 Å². The lowest BCUT2D eigenvalue weighted by Crippen LogP contribution is -1.83. The first-order chi connectivity index (χ1) is 12.5. The Morgan fingerprint density at radius 1 is 0.731 bits per heavy atom. The Labute approximate surface area is 166 Å². The molecular formula is C25H38S. The van der Waals surface area contributed by atoms with Crippen molar-refractivity contribution in [3.8, 4) is 0 Å². The molecule has 144 valence electrons. The summed E-state index contributed by atoms with van der Waals surface area (Å²) in [7, 11) is 0. The summed E-state index contributed by atoms with van der Waals surface area (Å²) < 4.78 is 0. The van der Waals surface area contributed by atoms with Crippen LogP contribution in [-0.2, 0) is 6.42 Å². The Morgan fingerprint density at radius 3 is 1.69 bits per heavy atom. The fraction of sp³-hybridized carbons (Fsp3) is 0.520. The van der Waals surface area contributed by atoms with E-state index in [1.807, 2.05) is 11.3 Å². The van der Waals surface area contributed by atoms with Gasteiger partial charge in [-0.25, -0.2) is 0 Å². The van der Waals surface area contributed by atoms with E-state index in [2.05, 4.69) is 76.4 Å². The van der Waals surface area contributed by atoms with Crippen molar-refractivity contribution in [2.24, 2.45) is 0 Å². The second-order valence-corrected chi connectivity index (χ2v) is 8.70. The summed E-state index contributed by atoms with van der Waals surface area (Å²) in [6.45, 7) is 11.2. The molecular weight excluding hydrogens is 332 g/mol. The zero-order chi connectivity index (χ0) is 19.2. The minimum atomic E-state index is 1.17. The zero-order valence-corrected chi connectivity index (χ0v) is 18.4. The van der Waals surface area contributed by atoms with E-state index in [0.29, 0.717) is 0 Å². The lowest BCUT2D eigenvalue weighted by Gasteiger charge is -2.03. The summed E-state index contributed by atoms with van der Waals surface area (Å²) in [6.07, 6.45) is 19.1. The molecule has 0 unspecified atom stereocenters. The predicted octanol–water partition coefficient (Wildman–Crippen LogP) is 8.83. The summed E-state index contributed by atoms with van der Waals surface area (Å²) in [4.78, 5) is 1.49. The molecule has 1 heterocycles. The molecule has 1 rings (SSSR count). The third-order valence-electron chi connectivity index (χ3n) is 4.62. The highest BCUT2D eigenvalue weighted by atomic mass is 32.1. The topological polar surface area (TPSA) is 0 Å². The highest BCUT2D eigenvalue weighted by Crippen LogP contribution is 2.15. The minimum absolute atomic E-state index is 1.17. The number of hydrogen-bond acceptors (Lipinski definition) is 1. The molecule has 0 amide bonds. The fourth-order valence-electron chi connectivity index (χ4n) is 2.90. The van der Waals surface area contributed by atoms with Crippen LogP contribution in [0.2, 0.25) is 0 Å². The molecule has 1 aromatic rings. The van der Waals surface area contributed by atoms with Gasteiger partial charge in [0.1, 0.15) is 0 Å². The smallest absolute Gasteiger partial charge is 0.00483 e. The normalized spacial score (nSPS) is 13.2. The van der Waals surface area contributed by atoms with Crippen LogP contribution in [0.15, 0.2) is 64.1 Å². The highest BCUT2D eigenvalue weighted by molar-refractivity contribution is 7.09. The lowest BCUT2D eigenvalue weighted by atomic mass is 10.0. The van der Waals surface area contributed by atoms with Gasteiger partial charge in [0.15, 0.2) is 0 Å². The largest absolute Gasteiger partial charge is 0.149 e. The Morgan fingerprint density at radius 2 is 1.23 bits per heavy atom. The molecule has 0 aliphatic heterocycles. The molecule has 0 N–H and O–H groups in total. The van der Waals surface area contributed by atoms with E-state index < -0.39 is 0 Å². The van der Waals surface area contributed by atoms with Crippen LogP contribution in [0, 0.1) is 0 Å². The van der Waals surface area contributed by atoms with Crippen molar-refractivity contribution < 1.29 is 0 Å². The van der Waals surface area contributed by atoms with Crippen LogP contribution in [0.5, 0.6) is 0 Å². The lowest BCUT2D eigenvalue weighted by molar-refractivity contribution is 0.894. The number of thiophene rings is 1. The van der Waals surface area contributed by atoms with Crippen molar-refractivity contribution in [3.63, 3.8) is 0 Å². The Bertz CT molecular complexity index is 605. The average Bonchev–Trinajstić information content (AvgIpc) is 3.08. The molecule has 1 heteroatoms. The molecule has 1 aromatic heterocycles. The average molecular weight is 371 g/mol. The number of rotatable bonds is 12. The van der Waals surface area contributed by atoms with Gasteiger partial charge >= 0.3 is 0 Å². The van der Waals surface area contributed by atoms with Gasteiger partial charge in [0.25, 0.3) is 0 Å². The standard InChI is InChI=1S/C25H38S/c1-21(2)11-6-12-22(3)13-7-14-23(4)15-8-16-24(5)17-9-18-25-19-10-20-26-25/h10-11,13,15,17,19-20H,6-9,12,14,16,18H2,1-5H3/b22-13+,23-15+,24-17+. The second kappa shape index (κ2) is 13.8. The third-order valence-corrected chi connectivity index (χ3v) is 5.55.